The van der Waals surface area contributed by atoms with E-state index in [4.69, 9.17) is 4.74 Å². The Morgan fingerprint density at radius 2 is 1.64 bits per heavy atom. The van der Waals surface area contributed by atoms with Gasteiger partial charge in [0.2, 0.25) is 0 Å². The molecule has 0 atom stereocenters. The highest BCUT2D eigenvalue weighted by atomic mass is 32.2. The van der Waals surface area contributed by atoms with E-state index in [1.807, 2.05) is 43.3 Å². The van der Waals surface area contributed by atoms with Gasteiger partial charge in [-0.1, -0.05) is 23.8 Å². The predicted octanol–water partition coefficient (Wildman–Crippen LogP) is 4.56. The van der Waals surface area contributed by atoms with Crippen molar-refractivity contribution in [2.75, 3.05) is 17.1 Å². The zero-order valence-corrected chi connectivity index (χ0v) is 17.1. The second kappa shape index (κ2) is 7.90. The molecule has 0 radical (unpaired) electrons. The van der Waals surface area contributed by atoms with Crippen LogP contribution < -0.4 is 14.8 Å². The highest BCUT2D eigenvalue weighted by Gasteiger charge is 2.20. The van der Waals surface area contributed by atoms with Crippen molar-refractivity contribution in [1.29, 1.82) is 0 Å². The molecule has 0 bridgehead atoms. The number of hydrogen-bond acceptors (Lipinski definition) is 5. The van der Waals surface area contributed by atoms with E-state index in [-0.39, 0.29) is 0 Å². The van der Waals surface area contributed by atoms with Crippen molar-refractivity contribution >= 4 is 27.2 Å². The molecule has 146 valence electrons. The molecule has 0 aliphatic carbocycles. The molecule has 28 heavy (non-hydrogen) atoms. The first-order chi connectivity index (χ1) is 13.3. The van der Waals surface area contributed by atoms with Gasteiger partial charge in [0.05, 0.1) is 23.9 Å². The number of nitrogens with zero attached hydrogens (tertiary/aromatic N) is 1. The number of nitrogens with one attached hydrogen (secondary N) is 2. The lowest BCUT2D eigenvalue weighted by molar-refractivity contribution is 0.415. The molecular weight excluding hydrogens is 374 g/mol. The number of benzene rings is 2. The second-order valence-electron chi connectivity index (χ2n) is 6.62. The van der Waals surface area contributed by atoms with Crippen molar-refractivity contribution in [2.45, 2.75) is 25.7 Å². The van der Waals surface area contributed by atoms with Gasteiger partial charge in [0.1, 0.15) is 11.6 Å². The van der Waals surface area contributed by atoms with Gasteiger partial charge in [-0.25, -0.2) is 13.4 Å². The van der Waals surface area contributed by atoms with Crippen LogP contribution in [0.15, 0.2) is 59.6 Å². The summed E-state index contributed by atoms with van der Waals surface area (Å²) in [6, 6.07) is 14.6. The quantitative estimate of drug-likeness (QED) is 0.637. The Kier molecular flexibility index (Phi) is 5.56. The summed E-state index contributed by atoms with van der Waals surface area (Å²) in [6.45, 7) is 5.55. The minimum Gasteiger partial charge on any atom is -0.497 e. The van der Waals surface area contributed by atoms with Gasteiger partial charge in [-0.3, -0.25) is 4.72 Å². The van der Waals surface area contributed by atoms with Crippen LogP contribution in [0.2, 0.25) is 0 Å². The molecule has 0 fully saturated rings. The number of aromatic nitrogens is 1. The molecule has 0 aliphatic rings. The third-order valence-electron chi connectivity index (χ3n) is 4.23. The van der Waals surface area contributed by atoms with Crippen LogP contribution in [-0.2, 0) is 10.0 Å². The lowest BCUT2D eigenvalue weighted by Crippen LogP contribution is -2.16. The molecule has 1 aromatic heterocycles. The van der Waals surface area contributed by atoms with E-state index in [1.165, 1.54) is 6.20 Å². The third-order valence-corrected chi connectivity index (χ3v) is 5.92. The van der Waals surface area contributed by atoms with Crippen molar-refractivity contribution in [3.63, 3.8) is 0 Å². The topological polar surface area (TPSA) is 80.3 Å². The number of pyridine rings is 1. The van der Waals surface area contributed by atoms with Gasteiger partial charge in [-0.2, -0.15) is 0 Å². The van der Waals surface area contributed by atoms with E-state index in [0.717, 1.165) is 17.0 Å². The molecule has 6 nitrogen and oxygen atoms in total. The summed E-state index contributed by atoms with van der Waals surface area (Å²) in [6.07, 6.45) is 1.49. The monoisotopic (exact) mass is 397 g/mol. The summed E-state index contributed by atoms with van der Waals surface area (Å²) in [5.41, 5.74) is 3.69. The fourth-order valence-corrected chi connectivity index (χ4v) is 4.67. The van der Waals surface area contributed by atoms with E-state index in [1.54, 1.807) is 33.1 Å². The van der Waals surface area contributed by atoms with Crippen LogP contribution in [0, 0.1) is 20.8 Å². The van der Waals surface area contributed by atoms with Crippen molar-refractivity contribution in [1.82, 2.24) is 4.98 Å². The maximum absolute atomic E-state index is 12.8. The van der Waals surface area contributed by atoms with Gasteiger partial charge in [0.15, 0.2) is 0 Å². The minimum absolute atomic E-state index is 0.302. The Bertz CT molecular complexity index is 1070. The first-order valence-corrected chi connectivity index (χ1v) is 10.2. The van der Waals surface area contributed by atoms with Crippen molar-refractivity contribution in [3.05, 3.63) is 71.4 Å². The Balaban J connectivity index is 1.78. The zero-order chi connectivity index (χ0) is 20.3. The number of sulfonamides is 1. The van der Waals surface area contributed by atoms with Gasteiger partial charge >= 0.3 is 0 Å². The number of methoxy groups -OCH3 is 1. The van der Waals surface area contributed by atoms with Crippen molar-refractivity contribution in [2.24, 2.45) is 0 Å². The SMILES string of the molecule is COc1cccc(Nc2ccc(NS(=O)(=O)c3c(C)cc(C)cc3C)cn2)c1. The molecule has 0 unspecified atom stereocenters. The standard InChI is InChI=1S/C21H23N3O3S/c1-14-10-15(2)21(16(3)11-14)28(25,26)24-18-8-9-20(22-13-18)23-17-6-5-7-19(12-17)27-4/h5-13,24H,1-4H3,(H,22,23). The van der Waals surface area contributed by atoms with Crippen LogP contribution in [0.5, 0.6) is 5.75 Å². The largest absolute Gasteiger partial charge is 0.497 e. The molecule has 0 saturated heterocycles. The van der Waals surface area contributed by atoms with Gasteiger partial charge < -0.3 is 10.1 Å². The van der Waals surface area contributed by atoms with E-state index in [2.05, 4.69) is 15.0 Å². The van der Waals surface area contributed by atoms with Crippen LogP contribution in [0.4, 0.5) is 17.2 Å². The Morgan fingerprint density at radius 1 is 0.929 bits per heavy atom. The molecule has 0 aliphatic heterocycles. The lowest BCUT2D eigenvalue weighted by Gasteiger charge is -2.14. The van der Waals surface area contributed by atoms with Crippen molar-refractivity contribution < 1.29 is 13.2 Å². The minimum atomic E-state index is -3.70. The first kappa shape index (κ1) is 19.7. The molecule has 2 aromatic carbocycles. The Labute approximate surface area is 165 Å². The summed E-state index contributed by atoms with van der Waals surface area (Å²) in [7, 11) is -2.09. The van der Waals surface area contributed by atoms with Gasteiger partial charge in [-0.05, 0) is 56.2 Å². The first-order valence-electron chi connectivity index (χ1n) is 8.76. The molecular formula is C21H23N3O3S. The number of ether oxygens (including phenoxy) is 1. The number of hydrogen-bond donors (Lipinski definition) is 2. The van der Waals surface area contributed by atoms with Crippen LogP contribution >= 0.6 is 0 Å². The third kappa shape index (κ3) is 4.43. The van der Waals surface area contributed by atoms with Gasteiger partial charge in [0, 0.05) is 11.8 Å². The van der Waals surface area contributed by atoms with E-state index in [9.17, 15) is 8.42 Å². The lowest BCUT2D eigenvalue weighted by atomic mass is 10.1. The average molecular weight is 398 g/mol. The molecule has 3 rings (SSSR count). The highest BCUT2D eigenvalue weighted by Crippen LogP contribution is 2.25. The molecule has 2 N–H and O–H groups in total. The zero-order valence-electron chi connectivity index (χ0n) is 16.3. The van der Waals surface area contributed by atoms with E-state index in [0.29, 0.717) is 27.5 Å². The van der Waals surface area contributed by atoms with Crippen molar-refractivity contribution in [3.8, 4) is 5.75 Å². The molecule has 1 heterocycles. The Morgan fingerprint density at radius 3 is 2.25 bits per heavy atom. The Hall–Kier alpha value is -3.06. The normalized spacial score (nSPS) is 11.1. The van der Waals surface area contributed by atoms with Crippen LogP contribution in [0.1, 0.15) is 16.7 Å². The van der Waals surface area contributed by atoms with Gasteiger partial charge in [-0.15, -0.1) is 0 Å². The summed E-state index contributed by atoms with van der Waals surface area (Å²) in [4.78, 5) is 4.59. The van der Waals surface area contributed by atoms with Crippen LogP contribution in [0.25, 0.3) is 0 Å². The maximum Gasteiger partial charge on any atom is 0.262 e. The summed E-state index contributed by atoms with van der Waals surface area (Å²) in [5, 5.41) is 3.16. The molecule has 3 aromatic rings. The van der Waals surface area contributed by atoms with Crippen LogP contribution in [0.3, 0.4) is 0 Å². The summed E-state index contributed by atoms with van der Waals surface area (Å²) < 4.78 is 33.5. The average Bonchev–Trinajstić information content (AvgIpc) is 2.62. The maximum atomic E-state index is 12.8. The fraction of sp³-hybridized carbons (Fsp3) is 0.190. The molecule has 0 spiro atoms. The number of anilines is 3. The molecule has 0 saturated carbocycles. The number of rotatable bonds is 6. The molecule has 7 heteroatoms. The second-order valence-corrected chi connectivity index (χ2v) is 8.24. The summed E-state index contributed by atoms with van der Waals surface area (Å²) in [5.74, 6) is 1.33. The highest BCUT2D eigenvalue weighted by molar-refractivity contribution is 7.92. The summed E-state index contributed by atoms with van der Waals surface area (Å²) >= 11 is 0. The molecule has 0 amide bonds. The van der Waals surface area contributed by atoms with Gasteiger partial charge in [0.25, 0.3) is 10.0 Å². The smallest absolute Gasteiger partial charge is 0.262 e. The van der Waals surface area contributed by atoms with Crippen LogP contribution in [-0.4, -0.2) is 20.5 Å². The number of aryl methyl sites for hydroxylation is 3. The van der Waals surface area contributed by atoms with E-state index < -0.39 is 10.0 Å². The predicted molar refractivity (Wildman–Crippen MR) is 112 cm³/mol. The fourth-order valence-electron chi connectivity index (χ4n) is 3.17. The van der Waals surface area contributed by atoms with E-state index >= 15 is 0 Å².